The number of nitrogens with zero attached hydrogens (tertiary/aromatic N) is 1. The summed E-state index contributed by atoms with van der Waals surface area (Å²) in [6, 6.07) is 9.17. The average Bonchev–Trinajstić information content (AvgIpc) is 3.04. The second-order valence-electron chi connectivity index (χ2n) is 6.10. The number of ether oxygens (including phenoxy) is 1. The van der Waals surface area contributed by atoms with E-state index >= 15 is 0 Å². The zero-order valence-electron chi connectivity index (χ0n) is 14.5. The van der Waals surface area contributed by atoms with Gasteiger partial charge in [-0.25, -0.2) is 0 Å². The number of fused-ring (bicyclic) bond motifs is 1. The maximum absolute atomic E-state index is 12.6. The van der Waals surface area contributed by atoms with Gasteiger partial charge in [-0.1, -0.05) is 6.07 Å². The van der Waals surface area contributed by atoms with Crippen molar-refractivity contribution in [3.05, 3.63) is 59.2 Å². The Bertz CT molecular complexity index is 863. The summed E-state index contributed by atoms with van der Waals surface area (Å²) in [7, 11) is 1.44. The van der Waals surface area contributed by atoms with Gasteiger partial charge in [0, 0.05) is 30.6 Å². The van der Waals surface area contributed by atoms with Crippen LogP contribution in [0.25, 0.3) is 0 Å². The number of anilines is 2. The lowest BCUT2D eigenvalue weighted by molar-refractivity contribution is -0.137. The predicted molar refractivity (Wildman–Crippen MR) is 93.8 cm³/mol. The van der Waals surface area contributed by atoms with Crippen molar-refractivity contribution in [1.82, 2.24) is 0 Å². The van der Waals surface area contributed by atoms with Gasteiger partial charge in [-0.15, -0.1) is 0 Å². The Balaban J connectivity index is 1.76. The molecule has 5 nitrogen and oxygen atoms in total. The molecule has 0 atom stereocenters. The molecule has 0 spiro atoms. The number of carbonyl (C=O) groups is 2. The smallest absolute Gasteiger partial charge is 0.375 e. The molecule has 1 heterocycles. The van der Waals surface area contributed by atoms with Gasteiger partial charge < -0.3 is 15.0 Å². The van der Waals surface area contributed by atoms with Crippen LogP contribution in [0.4, 0.5) is 24.5 Å². The highest BCUT2D eigenvalue weighted by molar-refractivity contribution is 6.05. The number of rotatable bonds is 4. The molecular weight excluding hydrogens is 361 g/mol. The van der Waals surface area contributed by atoms with E-state index in [0.717, 1.165) is 29.8 Å². The number of amides is 2. The third-order valence-electron chi connectivity index (χ3n) is 4.28. The molecule has 0 saturated heterocycles. The van der Waals surface area contributed by atoms with Gasteiger partial charge in [-0.3, -0.25) is 9.59 Å². The van der Waals surface area contributed by atoms with E-state index in [0.29, 0.717) is 24.3 Å². The maximum atomic E-state index is 12.6. The SMILES string of the molecule is COCC(=O)N1CCc2ccc(NC(=O)c3ccc(C(F)(F)F)cc3)cc21. The molecule has 2 aromatic carbocycles. The van der Waals surface area contributed by atoms with Crippen LogP contribution in [0.3, 0.4) is 0 Å². The predicted octanol–water partition coefficient (Wildman–Crippen LogP) is 3.49. The number of carbonyl (C=O) groups excluding carboxylic acids is 2. The lowest BCUT2D eigenvalue weighted by Crippen LogP contribution is -2.32. The van der Waals surface area contributed by atoms with Crippen molar-refractivity contribution < 1.29 is 27.5 Å². The topological polar surface area (TPSA) is 58.6 Å². The summed E-state index contributed by atoms with van der Waals surface area (Å²) in [6.45, 7) is 0.495. The number of alkyl halides is 3. The summed E-state index contributed by atoms with van der Waals surface area (Å²) >= 11 is 0. The molecule has 0 aliphatic carbocycles. The van der Waals surface area contributed by atoms with Crippen molar-refractivity contribution in [3.63, 3.8) is 0 Å². The van der Waals surface area contributed by atoms with Crippen molar-refractivity contribution in [2.75, 3.05) is 30.5 Å². The van der Waals surface area contributed by atoms with Gasteiger partial charge in [0.1, 0.15) is 6.61 Å². The Hall–Kier alpha value is -2.87. The average molecular weight is 378 g/mol. The Morgan fingerprint density at radius 2 is 1.85 bits per heavy atom. The van der Waals surface area contributed by atoms with Gasteiger partial charge in [0.25, 0.3) is 11.8 Å². The van der Waals surface area contributed by atoms with Crippen LogP contribution in [0, 0.1) is 0 Å². The minimum atomic E-state index is -4.45. The summed E-state index contributed by atoms with van der Waals surface area (Å²) in [5, 5.41) is 2.65. The third kappa shape index (κ3) is 4.11. The number of hydrogen-bond donors (Lipinski definition) is 1. The van der Waals surface area contributed by atoms with Gasteiger partial charge >= 0.3 is 6.18 Å². The van der Waals surface area contributed by atoms with E-state index in [1.807, 2.05) is 6.07 Å². The summed E-state index contributed by atoms with van der Waals surface area (Å²) in [5.41, 5.74) is 1.42. The van der Waals surface area contributed by atoms with Crippen molar-refractivity contribution in [2.24, 2.45) is 0 Å². The Morgan fingerprint density at radius 1 is 1.15 bits per heavy atom. The van der Waals surface area contributed by atoms with Crippen LogP contribution in [0.15, 0.2) is 42.5 Å². The molecule has 0 unspecified atom stereocenters. The van der Waals surface area contributed by atoms with Gasteiger partial charge in [-0.2, -0.15) is 13.2 Å². The van der Waals surface area contributed by atoms with E-state index in [2.05, 4.69) is 5.32 Å². The third-order valence-corrected chi connectivity index (χ3v) is 4.28. The standard InChI is InChI=1S/C19H17F3N2O3/c1-27-11-17(25)24-9-8-12-4-7-15(10-16(12)24)23-18(26)13-2-5-14(6-3-13)19(20,21)22/h2-7,10H,8-9,11H2,1H3,(H,23,26). The van der Waals surface area contributed by atoms with Crippen LogP contribution in [0.2, 0.25) is 0 Å². The molecule has 2 aromatic rings. The first-order valence-electron chi connectivity index (χ1n) is 8.20. The van der Waals surface area contributed by atoms with Gasteiger partial charge in [0.05, 0.1) is 5.56 Å². The normalized spacial score (nSPS) is 13.4. The highest BCUT2D eigenvalue weighted by Crippen LogP contribution is 2.32. The molecule has 0 bridgehead atoms. The van der Waals surface area contributed by atoms with E-state index in [1.165, 1.54) is 7.11 Å². The van der Waals surface area contributed by atoms with Crippen LogP contribution in [0.5, 0.6) is 0 Å². The molecule has 0 radical (unpaired) electrons. The Kier molecular flexibility index (Phi) is 5.18. The Morgan fingerprint density at radius 3 is 2.48 bits per heavy atom. The number of methoxy groups -OCH3 is 1. The van der Waals surface area contributed by atoms with E-state index in [9.17, 15) is 22.8 Å². The van der Waals surface area contributed by atoms with Crippen molar-refractivity contribution in [1.29, 1.82) is 0 Å². The maximum Gasteiger partial charge on any atom is 0.416 e. The lowest BCUT2D eigenvalue weighted by atomic mass is 10.1. The number of hydrogen-bond acceptors (Lipinski definition) is 3. The zero-order valence-corrected chi connectivity index (χ0v) is 14.5. The molecule has 0 aromatic heterocycles. The van der Waals surface area contributed by atoms with E-state index in [1.54, 1.807) is 17.0 Å². The summed E-state index contributed by atoms with van der Waals surface area (Å²) in [4.78, 5) is 26.0. The van der Waals surface area contributed by atoms with Crippen LogP contribution in [-0.2, 0) is 22.1 Å². The largest absolute Gasteiger partial charge is 0.416 e. The van der Waals surface area contributed by atoms with E-state index in [4.69, 9.17) is 4.74 Å². The summed E-state index contributed by atoms with van der Waals surface area (Å²) < 4.78 is 42.7. The van der Waals surface area contributed by atoms with Gasteiger partial charge in [0.2, 0.25) is 0 Å². The zero-order chi connectivity index (χ0) is 19.6. The van der Waals surface area contributed by atoms with E-state index < -0.39 is 17.6 Å². The van der Waals surface area contributed by atoms with Crippen LogP contribution < -0.4 is 10.2 Å². The molecule has 27 heavy (non-hydrogen) atoms. The highest BCUT2D eigenvalue weighted by atomic mass is 19.4. The fraction of sp³-hybridized carbons (Fsp3) is 0.263. The molecule has 2 amide bonds. The second-order valence-corrected chi connectivity index (χ2v) is 6.10. The van der Waals surface area contributed by atoms with E-state index in [-0.39, 0.29) is 18.1 Å². The Labute approximate surface area is 153 Å². The molecular formula is C19H17F3N2O3. The minimum absolute atomic E-state index is 0.0401. The van der Waals surface area contributed by atoms with Crippen molar-refractivity contribution in [2.45, 2.75) is 12.6 Å². The number of nitrogens with one attached hydrogen (secondary N) is 1. The summed E-state index contributed by atoms with van der Waals surface area (Å²) in [6.07, 6.45) is -3.74. The monoisotopic (exact) mass is 378 g/mol. The molecule has 3 rings (SSSR count). The molecule has 142 valence electrons. The van der Waals surface area contributed by atoms with Gasteiger partial charge in [0.15, 0.2) is 0 Å². The fourth-order valence-electron chi connectivity index (χ4n) is 2.93. The minimum Gasteiger partial charge on any atom is -0.375 e. The lowest BCUT2D eigenvalue weighted by Gasteiger charge is -2.17. The molecule has 0 saturated carbocycles. The molecule has 1 aliphatic rings. The molecule has 0 fully saturated rings. The van der Waals surface area contributed by atoms with Gasteiger partial charge in [-0.05, 0) is 48.4 Å². The highest BCUT2D eigenvalue weighted by Gasteiger charge is 2.30. The van der Waals surface area contributed by atoms with Crippen molar-refractivity contribution in [3.8, 4) is 0 Å². The molecule has 8 heteroatoms. The van der Waals surface area contributed by atoms with Crippen LogP contribution >= 0.6 is 0 Å². The fourth-order valence-corrected chi connectivity index (χ4v) is 2.93. The quantitative estimate of drug-likeness (QED) is 0.886. The molecule has 1 N–H and O–H groups in total. The number of benzene rings is 2. The first-order valence-corrected chi connectivity index (χ1v) is 8.20. The first-order chi connectivity index (χ1) is 12.8. The second kappa shape index (κ2) is 7.40. The molecule has 1 aliphatic heterocycles. The first kappa shape index (κ1) is 18.9. The number of halogens is 3. The summed E-state index contributed by atoms with van der Waals surface area (Å²) in [5.74, 6) is -0.709. The van der Waals surface area contributed by atoms with Crippen molar-refractivity contribution >= 4 is 23.2 Å². The van der Waals surface area contributed by atoms with Crippen LogP contribution in [-0.4, -0.2) is 32.1 Å². The van der Waals surface area contributed by atoms with Crippen LogP contribution in [0.1, 0.15) is 21.5 Å².